The van der Waals surface area contributed by atoms with Crippen LogP contribution >= 0.6 is 15.9 Å². The topological polar surface area (TPSA) is 128 Å². The van der Waals surface area contributed by atoms with Crippen LogP contribution in [0.1, 0.15) is 5.56 Å². The number of benzene rings is 1. The largest absolute Gasteiger partial charge is 0.384 e. The Balaban J connectivity index is 2.44. The van der Waals surface area contributed by atoms with Gasteiger partial charge in [-0.15, -0.1) is 0 Å². The number of carbonyl (C=O) groups is 2. The van der Waals surface area contributed by atoms with Gasteiger partial charge in [0.1, 0.15) is 16.8 Å². The van der Waals surface area contributed by atoms with Crippen molar-refractivity contribution < 1.29 is 9.59 Å². The molecule has 0 fully saturated rings. The molecule has 1 aromatic carbocycles. The number of carbonyl (C=O) groups excluding carboxylic acids is 2. The normalized spacial score (nSPS) is 10.3. The van der Waals surface area contributed by atoms with Crippen LogP contribution in [-0.4, -0.2) is 28.1 Å². The number of hydrogen-bond donors (Lipinski definition) is 3. The predicted octanol–water partition coefficient (Wildman–Crippen LogP) is -0.141. The van der Waals surface area contributed by atoms with Crippen molar-refractivity contribution in [1.82, 2.24) is 19.8 Å². The van der Waals surface area contributed by atoms with E-state index < -0.39 is 29.7 Å². The van der Waals surface area contributed by atoms with Crippen molar-refractivity contribution in [3.8, 4) is 0 Å². The molecule has 3 amide bonds. The molecule has 0 aliphatic rings. The molecule has 0 bridgehead atoms. The van der Waals surface area contributed by atoms with Gasteiger partial charge < -0.3 is 11.1 Å². The van der Waals surface area contributed by atoms with Crippen LogP contribution in [0.5, 0.6) is 0 Å². The lowest BCUT2D eigenvalue weighted by Crippen LogP contribution is -2.47. The van der Waals surface area contributed by atoms with Gasteiger partial charge in [0.25, 0.3) is 5.56 Å². The molecule has 0 spiro atoms. The predicted molar refractivity (Wildman–Crippen MR) is 95.2 cm³/mol. The van der Waals surface area contributed by atoms with Gasteiger partial charge in [-0.25, -0.2) is 14.2 Å². The van der Waals surface area contributed by atoms with Crippen molar-refractivity contribution in [2.24, 2.45) is 0 Å². The van der Waals surface area contributed by atoms with Gasteiger partial charge in [-0.1, -0.05) is 30.3 Å². The maximum Gasteiger partial charge on any atom is 0.333 e. The summed E-state index contributed by atoms with van der Waals surface area (Å²) >= 11 is 3.05. The second kappa shape index (κ2) is 7.79. The number of nitrogen functional groups attached to an aromatic ring is 1. The van der Waals surface area contributed by atoms with E-state index in [1.807, 2.05) is 11.4 Å². The van der Waals surface area contributed by atoms with Crippen LogP contribution in [-0.2, 0) is 17.9 Å². The highest BCUT2D eigenvalue weighted by atomic mass is 79.9. The van der Waals surface area contributed by atoms with Gasteiger partial charge in [-0.05, 0) is 21.5 Å². The molecule has 4 N–H and O–H groups in total. The third kappa shape index (κ3) is 4.15. The standard InChI is InChI=1S/C15H16BrN5O4/c1-18-14(24)19-10(22)8-21-13(23)11(16)12(17)20(15(21)25)7-9-5-3-2-4-6-9/h2-6H,7-8,17H2,1H3,(H2,18,19,22,24). The van der Waals surface area contributed by atoms with Crippen molar-refractivity contribution in [2.45, 2.75) is 13.1 Å². The fourth-order valence-corrected chi connectivity index (χ4v) is 2.54. The van der Waals surface area contributed by atoms with Gasteiger partial charge in [0.2, 0.25) is 5.91 Å². The number of urea groups is 1. The van der Waals surface area contributed by atoms with Crippen LogP contribution in [0.4, 0.5) is 10.6 Å². The summed E-state index contributed by atoms with van der Waals surface area (Å²) in [6.07, 6.45) is 0. The number of hydrogen-bond acceptors (Lipinski definition) is 5. The first-order chi connectivity index (χ1) is 11.8. The molecular weight excluding hydrogens is 394 g/mol. The zero-order chi connectivity index (χ0) is 18.6. The minimum Gasteiger partial charge on any atom is -0.384 e. The van der Waals surface area contributed by atoms with E-state index >= 15 is 0 Å². The van der Waals surface area contributed by atoms with Crippen LogP contribution in [0.25, 0.3) is 0 Å². The monoisotopic (exact) mass is 409 g/mol. The minimum atomic E-state index is -0.804. The van der Waals surface area contributed by atoms with E-state index in [4.69, 9.17) is 5.73 Å². The SMILES string of the molecule is CNC(=O)NC(=O)Cn1c(=O)c(Br)c(N)n(Cc2ccccc2)c1=O. The summed E-state index contributed by atoms with van der Waals surface area (Å²) in [4.78, 5) is 47.8. The fraction of sp³-hybridized carbons (Fsp3) is 0.200. The third-order valence-electron chi connectivity index (χ3n) is 3.38. The van der Waals surface area contributed by atoms with Gasteiger partial charge in [0.15, 0.2) is 0 Å². The third-order valence-corrected chi connectivity index (χ3v) is 4.12. The highest BCUT2D eigenvalue weighted by Crippen LogP contribution is 2.13. The van der Waals surface area contributed by atoms with E-state index in [9.17, 15) is 19.2 Å². The first-order valence-electron chi connectivity index (χ1n) is 7.19. The number of nitrogens with one attached hydrogen (secondary N) is 2. The lowest BCUT2D eigenvalue weighted by Gasteiger charge is -2.14. The second-order valence-corrected chi connectivity index (χ2v) is 5.87. The molecule has 0 saturated carbocycles. The Kier molecular flexibility index (Phi) is 5.75. The maximum atomic E-state index is 12.6. The van der Waals surface area contributed by atoms with E-state index in [1.165, 1.54) is 11.6 Å². The number of aromatic nitrogens is 2. The van der Waals surface area contributed by atoms with Crippen molar-refractivity contribution in [3.05, 3.63) is 61.2 Å². The summed E-state index contributed by atoms with van der Waals surface area (Å²) in [6, 6.07) is 8.30. The van der Waals surface area contributed by atoms with Crippen molar-refractivity contribution in [2.75, 3.05) is 12.8 Å². The maximum absolute atomic E-state index is 12.6. The molecule has 25 heavy (non-hydrogen) atoms. The summed E-state index contributed by atoms with van der Waals surface area (Å²) < 4.78 is 1.85. The smallest absolute Gasteiger partial charge is 0.333 e. The molecule has 10 heteroatoms. The molecule has 132 valence electrons. The average Bonchev–Trinajstić information content (AvgIpc) is 2.61. The number of rotatable bonds is 4. The molecule has 1 aromatic heterocycles. The van der Waals surface area contributed by atoms with E-state index in [1.54, 1.807) is 24.3 Å². The number of imide groups is 1. The van der Waals surface area contributed by atoms with Crippen LogP contribution in [0.3, 0.4) is 0 Å². The molecule has 0 unspecified atom stereocenters. The molecular formula is C15H16BrN5O4. The first-order valence-corrected chi connectivity index (χ1v) is 7.98. The van der Waals surface area contributed by atoms with Gasteiger partial charge in [-0.2, -0.15) is 0 Å². The number of nitrogens with zero attached hydrogens (tertiary/aromatic N) is 2. The highest BCUT2D eigenvalue weighted by Gasteiger charge is 2.18. The lowest BCUT2D eigenvalue weighted by atomic mass is 10.2. The number of amides is 3. The highest BCUT2D eigenvalue weighted by molar-refractivity contribution is 9.10. The number of halogens is 1. The van der Waals surface area contributed by atoms with Crippen molar-refractivity contribution >= 4 is 33.7 Å². The van der Waals surface area contributed by atoms with Crippen LogP contribution in [0.2, 0.25) is 0 Å². The quantitative estimate of drug-likeness (QED) is 0.647. The summed E-state index contributed by atoms with van der Waals surface area (Å²) in [5.41, 5.74) is 5.17. The van der Waals surface area contributed by atoms with Gasteiger partial charge in [-0.3, -0.25) is 19.5 Å². The molecule has 9 nitrogen and oxygen atoms in total. The molecule has 0 saturated heterocycles. The lowest BCUT2D eigenvalue weighted by molar-refractivity contribution is -0.120. The molecule has 0 radical (unpaired) electrons. The van der Waals surface area contributed by atoms with E-state index in [2.05, 4.69) is 21.2 Å². The Morgan fingerprint density at radius 3 is 2.40 bits per heavy atom. The van der Waals surface area contributed by atoms with Crippen molar-refractivity contribution in [1.29, 1.82) is 0 Å². The summed E-state index contributed by atoms with van der Waals surface area (Å²) in [6.45, 7) is -0.486. The van der Waals surface area contributed by atoms with Gasteiger partial charge in [0.05, 0.1) is 6.54 Å². The Morgan fingerprint density at radius 1 is 1.16 bits per heavy atom. The van der Waals surface area contributed by atoms with Gasteiger partial charge in [0, 0.05) is 7.05 Å². The average molecular weight is 410 g/mol. The van der Waals surface area contributed by atoms with Crippen LogP contribution < -0.4 is 27.6 Å². The molecule has 0 atom stereocenters. The van der Waals surface area contributed by atoms with E-state index in [0.717, 1.165) is 5.56 Å². The second-order valence-electron chi connectivity index (χ2n) is 5.07. The summed E-state index contributed by atoms with van der Waals surface area (Å²) in [5.74, 6) is -0.844. The molecule has 0 aliphatic heterocycles. The summed E-state index contributed by atoms with van der Waals surface area (Å²) in [7, 11) is 1.33. The van der Waals surface area contributed by atoms with Crippen LogP contribution in [0.15, 0.2) is 44.4 Å². The Bertz CT molecular complexity index is 920. The molecule has 1 heterocycles. The zero-order valence-corrected chi connectivity index (χ0v) is 14.9. The number of nitrogens with two attached hydrogens (primary N) is 1. The van der Waals surface area contributed by atoms with E-state index in [0.29, 0.717) is 4.57 Å². The molecule has 0 aliphatic carbocycles. The Morgan fingerprint density at radius 2 is 1.80 bits per heavy atom. The Hall–Kier alpha value is -2.88. The summed E-state index contributed by atoms with van der Waals surface area (Å²) in [5, 5.41) is 4.20. The Labute approximate surface area is 150 Å². The zero-order valence-electron chi connectivity index (χ0n) is 13.3. The first kappa shape index (κ1) is 18.5. The minimum absolute atomic E-state index is 0.0317. The molecule has 2 aromatic rings. The van der Waals surface area contributed by atoms with E-state index in [-0.39, 0.29) is 16.8 Å². The number of anilines is 1. The fourth-order valence-electron chi connectivity index (χ4n) is 2.11. The van der Waals surface area contributed by atoms with Crippen LogP contribution in [0, 0.1) is 0 Å². The van der Waals surface area contributed by atoms with Crippen molar-refractivity contribution in [3.63, 3.8) is 0 Å². The molecule has 2 rings (SSSR count). The van der Waals surface area contributed by atoms with Gasteiger partial charge >= 0.3 is 11.7 Å².